The number of nitro groups is 1. The molecule has 0 amide bonds. The Bertz CT molecular complexity index is 1340. The van der Waals surface area contributed by atoms with Gasteiger partial charge in [0, 0.05) is 35.8 Å². The van der Waals surface area contributed by atoms with Gasteiger partial charge in [0.15, 0.2) is 0 Å². The second-order valence-electron chi connectivity index (χ2n) is 7.60. The molecule has 0 N–H and O–H groups in total. The Morgan fingerprint density at radius 2 is 1.55 bits per heavy atom. The molecule has 1 aromatic heterocycles. The van der Waals surface area contributed by atoms with Gasteiger partial charge in [-0.05, 0) is 31.0 Å². The van der Waals surface area contributed by atoms with E-state index in [4.69, 9.17) is 0 Å². The lowest BCUT2D eigenvalue weighted by molar-refractivity contribution is -0.384. The highest BCUT2D eigenvalue weighted by atomic mass is 16.6. The third kappa shape index (κ3) is 3.34. The maximum absolute atomic E-state index is 13.4. The number of aromatic nitrogens is 2. The first-order chi connectivity index (χ1) is 15.1. The van der Waals surface area contributed by atoms with Gasteiger partial charge in [0.1, 0.15) is 5.69 Å². The summed E-state index contributed by atoms with van der Waals surface area (Å²) in [5, 5.41) is 17.6. The Kier molecular flexibility index (Phi) is 4.71. The fraction of sp³-hybridized carbons (Fsp3) is 0.167. The molecule has 5 rings (SSSR count). The molecule has 7 nitrogen and oxygen atoms in total. The normalized spacial score (nSPS) is 13.6. The second-order valence-corrected chi connectivity index (χ2v) is 7.60. The van der Waals surface area contributed by atoms with E-state index in [-0.39, 0.29) is 16.9 Å². The number of fused-ring (bicyclic) bond motifs is 1. The smallest absolute Gasteiger partial charge is 0.295 e. The van der Waals surface area contributed by atoms with Crippen LogP contribution in [0.2, 0.25) is 0 Å². The number of hydrogen-bond acceptors (Lipinski definition) is 5. The molecule has 154 valence electrons. The fourth-order valence-corrected chi connectivity index (χ4v) is 4.17. The van der Waals surface area contributed by atoms with Gasteiger partial charge in [-0.25, -0.2) is 0 Å². The summed E-state index contributed by atoms with van der Waals surface area (Å²) in [6.07, 6.45) is 2.16. The minimum Gasteiger partial charge on any atom is -0.371 e. The lowest BCUT2D eigenvalue weighted by Gasteiger charge is -2.19. The number of nitrogens with zero attached hydrogens (tertiary/aromatic N) is 4. The monoisotopic (exact) mass is 412 g/mol. The van der Waals surface area contributed by atoms with Crippen LogP contribution in [0.1, 0.15) is 12.8 Å². The third-order valence-electron chi connectivity index (χ3n) is 5.71. The molecule has 0 unspecified atom stereocenters. The van der Waals surface area contributed by atoms with Crippen LogP contribution >= 0.6 is 0 Å². The van der Waals surface area contributed by atoms with Gasteiger partial charge >= 0.3 is 0 Å². The summed E-state index contributed by atoms with van der Waals surface area (Å²) in [6, 6.07) is 21.7. The number of benzene rings is 3. The van der Waals surface area contributed by atoms with Crippen LogP contribution in [0.3, 0.4) is 0 Å². The van der Waals surface area contributed by atoms with Crippen molar-refractivity contribution >= 4 is 22.1 Å². The second kappa shape index (κ2) is 7.68. The van der Waals surface area contributed by atoms with E-state index >= 15 is 0 Å². The molecule has 0 spiro atoms. The summed E-state index contributed by atoms with van der Waals surface area (Å²) in [6.45, 7) is 1.79. The molecule has 0 saturated carbocycles. The Balaban J connectivity index is 1.81. The third-order valence-corrected chi connectivity index (χ3v) is 5.71. The van der Waals surface area contributed by atoms with Gasteiger partial charge in [-0.15, -0.1) is 0 Å². The highest BCUT2D eigenvalue weighted by molar-refractivity contribution is 5.94. The Morgan fingerprint density at radius 1 is 0.871 bits per heavy atom. The van der Waals surface area contributed by atoms with Crippen LogP contribution in [0.5, 0.6) is 0 Å². The van der Waals surface area contributed by atoms with E-state index in [1.807, 2.05) is 42.5 Å². The molecular formula is C24H20N4O3. The molecule has 31 heavy (non-hydrogen) atoms. The highest BCUT2D eigenvalue weighted by Gasteiger charge is 2.23. The first-order valence-corrected chi connectivity index (χ1v) is 10.2. The summed E-state index contributed by atoms with van der Waals surface area (Å²) in [4.78, 5) is 26.9. The van der Waals surface area contributed by atoms with Crippen LogP contribution in [0.15, 0.2) is 77.6 Å². The van der Waals surface area contributed by atoms with E-state index in [0.29, 0.717) is 16.5 Å². The van der Waals surface area contributed by atoms with E-state index in [0.717, 1.165) is 37.2 Å². The maximum atomic E-state index is 13.4. The topological polar surface area (TPSA) is 81.3 Å². The van der Waals surface area contributed by atoms with Gasteiger partial charge < -0.3 is 4.90 Å². The Morgan fingerprint density at radius 3 is 2.26 bits per heavy atom. The number of nitro benzene ring substituents is 1. The first-order valence-electron chi connectivity index (χ1n) is 10.2. The van der Waals surface area contributed by atoms with Crippen molar-refractivity contribution in [2.75, 3.05) is 18.0 Å². The predicted octanol–water partition coefficient (Wildman–Crippen LogP) is 4.56. The molecule has 1 fully saturated rings. The van der Waals surface area contributed by atoms with Gasteiger partial charge in [0.05, 0.1) is 16.0 Å². The van der Waals surface area contributed by atoms with E-state index in [1.165, 1.54) is 10.7 Å². The van der Waals surface area contributed by atoms with E-state index in [1.54, 1.807) is 24.3 Å². The lowest BCUT2D eigenvalue weighted by atomic mass is 10.1. The van der Waals surface area contributed by atoms with E-state index in [2.05, 4.69) is 10.00 Å². The summed E-state index contributed by atoms with van der Waals surface area (Å²) < 4.78 is 1.18. The van der Waals surface area contributed by atoms with Crippen molar-refractivity contribution in [3.63, 3.8) is 0 Å². The van der Waals surface area contributed by atoms with Crippen molar-refractivity contribution < 1.29 is 4.92 Å². The van der Waals surface area contributed by atoms with Crippen molar-refractivity contribution in [1.29, 1.82) is 0 Å². The minimum absolute atomic E-state index is 0.146. The quantitative estimate of drug-likeness (QED) is 0.363. The van der Waals surface area contributed by atoms with Crippen LogP contribution < -0.4 is 10.5 Å². The molecule has 3 aromatic carbocycles. The van der Waals surface area contributed by atoms with Crippen molar-refractivity contribution in [3.05, 3.63) is 93.3 Å². The van der Waals surface area contributed by atoms with E-state index in [9.17, 15) is 14.9 Å². The zero-order chi connectivity index (χ0) is 21.4. The number of rotatable bonds is 4. The van der Waals surface area contributed by atoms with Gasteiger partial charge in [-0.1, -0.05) is 48.5 Å². The van der Waals surface area contributed by atoms with Crippen molar-refractivity contribution in [2.45, 2.75) is 12.8 Å². The summed E-state index contributed by atoms with van der Waals surface area (Å²) in [5.74, 6) is 0. The van der Waals surface area contributed by atoms with Crippen LogP contribution in [0, 0.1) is 10.1 Å². The Labute approximate surface area is 178 Å². The van der Waals surface area contributed by atoms with Crippen LogP contribution in [-0.2, 0) is 0 Å². The molecule has 0 atom stereocenters. The SMILES string of the molecule is O=c1c2ccccc2c(-c2ccccc2)nn1-c1cc(N2CCCC2)ccc1[N+](=O)[O-]. The summed E-state index contributed by atoms with van der Waals surface area (Å²) in [7, 11) is 0. The molecule has 1 aliphatic heterocycles. The lowest BCUT2D eigenvalue weighted by Crippen LogP contribution is -2.24. The van der Waals surface area contributed by atoms with Gasteiger partial charge in [0.2, 0.25) is 0 Å². The molecule has 4 aromatic rings. The fourth-order valence-electron chi connectivity index (χ4n) is 4.17. The van der Waals surface area contributed by atoms with Crippen LogP contribution in [-0.4, -0.2) is 27.8 Å². The number of hydrogen-bond donors (Lipinski definition) is 0. The van der Waals surface area contributed by atoms with E-state index < -0.39 is 4.92 Å². The highest BCUT2D eigenvalue weighted by Crippen LogP contribution is 2.31. The predicted molar refractivity (Wildman–Crippen MR) is 121 cm³/mol. The zero-order valence-corrected chi connectivity index (χ0v) is 16.8. The molecule has 1 aliphatic rings. The molecule has 0 bridgehead atoms. The first kappa shape index (κ1) is 19.0. The van der Waals surface area contributed by atoms with Gasteiger partial charge in [-0.3, -0.25) is 14.9 Å². The average Bonchev–Trinajstić information content (AvgIpc) is 3.35. The largest absolute Gasteiger partial charge is 0.371 e. The molecular weight excluding hydrogens is 392 g/mol. The van der Waals surface area contributed by atoms with Gasteiger partial charge in [0.25, 0.3) is 11.2 Å². The molecule has 0 aliphatic carbocycles. The van der Waals surface area contributed by atoms with Crippen molar-refractivity contribution in [2.24, 2.45) is 0 Å². The minimum atomic E-state index is -0.464. The van der Waals surface area contributed by atoms with Crippen LogP contribution in [0.25, 0.3) is 27.7 Å². The average molecular weight is 412 g/mol. The standard InChI is InChI=1S/C24H20N4O3/c29-24-20-11-5-4-10-19(20)23(17-8-2-1-3-9-17)25-27(24)22-16-18(26-14-6-7-15-26)12-13-21(22)28(30)31/h1-5,8-13,16H,6-7,14-15H2. The Hall–Kier alpha value is -4.00. The maximum Gasteiger partial charge on any atom is 0.295 e. The summed E-state index contributed by atoms with van der Waals surface area (Å²) >= 11 is 0. The molecule has 0 radical (unpaired) electrons. The number of anilines is 1. The zero-order valence-electron chi connectivity index (χ0n) is 16.8. The molecule has 1 saturated heterocycles. The summed E-state index contributed by atoms with van der Waals surface area (Å²) in [5.41, 5.74) is 1.97. The molecule has 7 heteroatoms. The van der Waals surface area contributed by atoms with Crippen LogP contribution in [0.4, 0.5) is 11.4 Å². The van der Waals surface area contributed by atoms with Crippen molar-refractivity contribution in [1.82, 2.24) is 9.78 Å². The molecule has 2 heterocycles. The van der Waals surface area contributed by atoms with Gasteiger partial charge in [-0.2, -0.15) is 9.78 Å². The van der Waals surface area contributed by atoms with Crippen molar-refractivity contribution in [3.8, 4) is 16.9 Å².